The average molecular weight is 357 g/mol. The molecule has 2 aliphatic carbocycles. The van der Waals surface area contributed by atoms with Crippen molar-refractivity contribution in [2.24, 2.45) is 0 Å². The SMILES string of the molecule is Cc1nc(NCCC2=CCCCC2)cc(C(=O)NC2CCCCCC2)n1. The third kappa shape index (κ3) is 5.82. The monoisotopic (exact) mass is 356 g/mol. The van der Waals surface area contributed by atoms with Crippen molar-refractivity contribution < 1.29 is 4.79 Å². The van der Waals surface area contributed by atoms with Gasteiger partial charge in [-0.25, -0.2) is 9.97 Å². The summed E-state index contributed by atoms with van der Waals surface area (Å²) in [4.78, 5) is 21.4. The number of anilines is 1. The van der Waals surface area contributed by atoms with Crippen LogP contribution in [0.25, 0.3) is 0 Å². The van der Waals surface area contributed by atoms with Crippen LogP contribution in [0.4, 0.5) is 5.82 Å². The van der Waals surface area contributed by atoms with Crippen LogP contribution in [0.3, 0.4) is 0 Å². The van der Waals surface area contributed by atoms with Gasteiger partial charge in [0, 0.05) is 18.7 Å². The largest absolute Gasteiger partial charge is 0.370 e. The Balaban J connectivity index is 1.55. The molecular formula is C21H32N4O. The molecule has 0 bridgehead atoms. The number of aromatic nitrogens is 2. The van der Waals surface area contributed by atoms with E-state index >= 15 is 0 Å². The number of rotatable bonds is 6. The molecule has 1 heterocycles. The summed E-state index contributed by atoms with van der Waals surface area (Å²) in [6.07, 6.45) is 15.6. The van der Waals surface area contributed by atoms with Gasteiger partial charge in [0.1, 0.15) is 17.3 Å². The third-order valence-electron chi connectivity index (χ3n) is 5.40. The van der Waals surface area contributed by atoms with E-state index in [-0.39, 0.29) is 11.9 Å². The fraction of sp³-hybridized carbons (Fsp3) is 0.667. The topological polar surface area (TPSA) is 66.9 Å². The Kier molecular flexibility index (Phi) is 7.04. The molecule has 1 fully saturated rings. The maximum atomic E-state index is 12.6. The summed E-state index contributed by atoms with van der Waals surface area (Å²) in [5.41, 5.74) is 2.02. The van der Waals surface area contributed by atoms with Gasteiger partial charge in [-0.15, -0.1) is 0 Å². The van der Waals surface area contributed by atoms with Gasteiger partial charge in [-0.05, 0) is 51.9 Å². The lowest BCUT2D eigenvalue weighted by Gasteiger charge is -2.16. The van der Waals surface area contributed by atoms with Crippen molar-refractivity contribution in [2.75, 3.05) is 11.9 Å². The minimum atomic E-state index is -0.0690. The number of nitrogens with one attached hydrogen (secondary N) is 2. The Bertz CT molecular complexity index is 633. The van der Waals surface area contributed by atoms with Crippen molar-refractivity contribution in [3.05, 3.63) is 29.2 Å². The van der Waals surface area contributed by atoms with Gasteiger partial charge in [-0.1, -0.05) is 37.3 Å². The van der Waals surface area contributed by atoms with Crippen molar-refractivity contribution in [1.29, 1.82) is 0 Å². The van der Waals surface area contributed by atoms with Gasteiger partial charge in [-0.3, -0.25) is 4.79 Å². The molecule has 1 aromatic rings. The summed E-state index contributed by atoms with van der Waals surface area (Å²) < 4.78 is 0. The zero-order valence-corrected chi connectivity index (χ0v) is 16.0. The molecule has 0 atom stereocenters. The fourth-order valence-electron chi connectivity index (χ4n) is 3.94. The standard InChI is InChI=1S/C21H32N4O/c1-16-23-19(21(26)25-18-11-7-2-3-8-12-18)15-20(24-16)22-14-13-17-9-5-4-6-10-17/h9,15,18H,2-8,10-14H2,1H3,(H,25,26)(H,22,23,24). The molecule has 142 valence electrons. The van der Waals surface area contributed by atoms with Crippen molar-refractivity contribution in [3.8, 4) is 0 Å². The second-order valence-corrected chi connectivity index (χ2v) is 7.63. The lowest BCUT2D eigenvalue weighted by atomic mass is 9.97. The van der Waals surface area contributed by atoms with Crippen molar-refractivity contribution in [1.82, 2.24) is 15.3 Å². The molecule has 0 spiro atoms. The maximum Gasteiger partial charge on any atom is 0.270 e. The molecule has 3 rings (SSSR count). The van der Waals surface area contributed by atoms with E-state index in [1.165, 1.54) is 51.4 Å². The molecule has 5 nitrogen and oxygen atoms in total. The highest BCUT2D eigenvalue weighted by molar-refractivity contribution is 5.93. The van der Waals surface area contributed by atoms with Gasteiger partial charge < -0.3 is 10.6 Å². The Hall–Kier alpha value is -1.91. The quantitative estimate of drug-likeness (QED) is 0.580. The Morgan fingerprint density at radius 1 is 1.12 bits per heavy atom. The smallest absolute Gasteiger partial charge is 0.270 e. The number of amides is 1. The highest BCUT2D eigenvalue weighted by atomic mass is 16.1. The first-order valence-electron chi connectivity index (χ1n) is 10.3. The molecule has 26 heavy (non-hydrogen) atoms. The maximum absolute atomic E-state index is 12.6. The van der Waals surface area contributed by atoms with Crippen LogP contribution in [0.2, 0.25) is 0 Å². The number of carbonyl (C=O) groups excluding carboxylic acids is 1. The normalized spacial score (nSPS) is 18.7. The lowest BCUT2D eigenvalue weighted by Crippen LogP contribution is -2.35. The zero-order valence-electron chi connectivity index (χ0n) is 16.0. The van der Waals surface area contributed by atoms with Crippen LogP contribution in [0.5, 0.6) is 0 Å². The van der Waals surface area contributed by atoms with E-state index in [0.29, 0.717) is 11.5 Å². The number of nitrogens with zero attached hydrogens (tertiary/aromatic N) is 2. The molecule has 0 aromatic carbocycles. The number of carbonyl (C=O) groups is 1. The molecular weight excluding hydrogens is 324 g/mol. The molecule has 2 N–H and O–H groups in total. The van der Waals surface area contributed by atoms with Gasteiger partial charge >= 0.3 is 0 Å². The minimum absolute atomic E-state index is 0.0690. The van der Waals surface area contributed by atoms with E-state index in [0.717, 1.165) is 31.6 Å². The van der Waals surface area contributed by atoms with Gasteiger partial charge in [-0.2, -0.15) is 0 Å². The number of allylic oxidation sites excluding steroid dienone is 1. The van der Waals surface area contributed by atoms with E-state index in [9.17, 15) is 4.79 Å². The molecule has 5 heteroatoms. The Labute approximate surface area is 157 Å². The van der Waals surface area contributed by atoms with E-state index in [4.69, 9.17) is 0 Å². The molecule has 0 radical (unpaired) electrons. The minimum Gasteiger partial charge on any atom is -0.370 e. The Morgan fingerprint density at radius 2 is 1.92 bits per heavy atom. The second-order valence-electron chi connectivity index (χ2n) is 7.63. The first kappa shape index (κ1) is 18.9. The van der Waals surface area contributed by atoms with E-state index < -0.39 is 0 Å². The number of hydrogen-bond donors (Lipinski definition) is 2. The highest BCUT2D eigenvalue weighted by Gasteiger charge is 2.17. The fourth-order valence-corrected chi connectivity index (χ4v) is 3.94. The van der Waals surface area contributed by atoms with E-state index in [2.05, 4.69) is 26.7 Å². The summed E-state index contributed by atoms with van der Waals surface area (Å²) in [5.74, 6) is 1.32. The zero-order chi connectivity index (χ0) is 18.2. The van der Waals surface area contributed by atoms with Crippen LogP contribution >= 0.6 is 0 Å². The van der Waals surface area contributed by atoms with Crippen molar-refractivity contribution >= 4 is 11.7 Å². The molecule has 0 unspecified atom stereocenters. The molecule has 2 aliphatic rings. The van der Waals surface area contributed by atoms with Crippen molar-refractivity contribution in [2.45, 2.75) is 83.6 Å². The van der Waals surface area contributed by atoms with Crippen LogP contribution in [0, 0.1) is 6.92 Å². The van der Waals surface area contributed by atoms with Crippen LogP contribution < -0.4 is 10.6 Å². The molecule has 1 saturated carbocycles. The van der Waals surface area contributed by atoms with E-state index in [1.54, 1.807) is 11.6 Å². The first-order valence-corrected chi connectivity index (χ1v) is 10.3. The summed E-state index contributed by atoms with van der Waals surface area (Å²) in [6.45, 7) is 2.70. The average Bonchev–Trinajstić information content (AvgIpc) is 2.91. The second kappa shape index (κ2) is 9.70. The molecule has 1 aromatic heterocycles. The van der Waals surface area contributed by atoms with Gasteiger partial charge in [0.25, 0.3) is 5.91 Å². The summed E-state index contributed by atoms with van der Waals surface area (Å²) in [7, 11) is 0. The third-order valence-corrected chi connectivity index (χ3v) is 5.40. The molecule has 0 saturated heterocycles. The van der Waals surface area contributed by atoms with Gasteiger partial charge in [0.15, 0.2) is 0 Å². The van der Waals surface area contributed by atoms with Crippen LogP contribution in [0.15, 0.2) is 17.7 Å². The number of aryl methyl sites for hydroxylation is 1. The van der Waals surface area contributed by atoms with Crippen molar-refractivity contribution in [3.63, 3.8) is 0 Å². The summed E-state index contributed by atoms with van der Waals surface area (Å²) in [6, 6.07) is 2.07. The van der Waals surface area contributed by atoms with E-state index in [1.807, 2.05) is 6.92 Å². The highest BCUT2D eigenvalue weighted by Crippen LogP contribution is 2.20. The van der Waals surface area contributed by atoms with Crippen LogP contribution in [-0.2, 0) is 0 Å². The Morgan fingerprint density at radius 3 is 2.65 bits per heavy atom. The molecule has 0 aliphatic heterocycles. The van der Waals surface area contributed by atoms with Gasteiger partial charge in [0.05, 0.1) is 0 Å². The predicted octanol–water partition coefficient (Wildman–Crippen LogP) is 4.54. The molecule has 1 amide bonds. The van der Waals surface area contributed by atoms with Crippen LogP contribution in [-0.4, -0.2) is 28.5 Å². The summed E-state index contributed by atoms with van der Waals surface area (Å²) in [5, 5.41) is 6.54. The lowest BCUT2D eigenvalue weighted by molar-refractivity contribution is 0.0928. The summed E-state index contributed by atoms with van der Waals surface area (Å²) >= 11 is 0. The number of hydrogen-bond acceptors (Lipinski definition) is 4. The first-order chi connectivity index (χ1) is 12.7. The predicted molar refractivity (Wildman–Crippen MR) is 105 cm³/mol. The van der Waals surface area contributed by atoms with Crippen LogP contribution in [0.1, 0.15) is 86.9 Å². The van der Waals surface area contributed by atoms with Gasteiger partial charge in [0.2, 0.25) is 0 Å².